The minimum Gasteiger partial charge on any atom is -0.459 e. The van der Waals surface area contributed by atoms with Crippen molar-refractivity contribution in [3.63, 3.8) is 0 Å². The van der Waals surface area contributed by atoms with Gasteiger partial charge >= 0.3 is 5.97 Å². The average molecular weight is 377 g/mol. The van der Waals surface area contributed by atoms with Gasteiger partial charge in [0.2, 0.25) is 0 Å². The molecule has 156 valence electrons. The molecule has 0 aliphatic heterocycles. The number of carbonyl (C=O) groups is 1. The SMILES string of the molecule is CCCCCCCC1CCC(C23CCC(OC(=O)CCC)(CC2)CC3)CC1. The maximum Gasteiger partial charge on any atom is 0.306 e. The number of hydrogen-bond donors (Lipinski definition) is 0. The van der Waals surface area contributed by atoms with Crippen LogP contribution in [0.3, 0.4) is 0 Å². The van der Waals surface area contributed by atoms with E-state index in [9.17, 15) is 4.79 Å². The summed E-state index contributed by atoms with van der Waals surface area (Å²) in [6.07, 6.45) is 23.4. The number of hydrogen-bond acceptors (Lipinski definition) is 2. The van der Waals surface area contributed by atoms with E-state index >= 15 is 0 Å². The van der Waals surface area contributed by atoms with Crippen LogP contribution >= 0.6 is 0 Å². The fourth-order valence-corrected chi connectivity index (χ4v) is 6.54. The van der Waals surface area contributed by atoms with Gasteiger partial charge in [0, 0.05) is 6.42 Å². The molecule has 0 heterocycles. The van der Waals surface area contributed by atoms with Crippen LogP contribution in [0, 0.1) is 17.3 Å². The summed E-state index contributed by atoms with van der Waals surface area (Å²) in [5, 5.41) is 0. The zero-order chi connectivity index (χ0) is 19.2. The smallest absolute Gasteiger partial charge is 0.306 e. The molecule has 0 aromatic rings. The zero-order valence-electron chi connectivity index (χ0n) is 18.2. The molecule has 0 atom stereocenters. The predicted octanol–water partition coefficient (Wildman–Crippen LogP) is 7.59. The summed E-state index contributed by atoms with van der Waals surface area (Å²) >= 11 is 0. The van der Waals surface area contributed by atoms with Gasteiger partial charge in [0.25, 0.3) is 0 Å². The van der Waals surface area contributed by atoms with Crippen molar-refractivity contribution in [3.05, 3.63) is 0 Å². The summed E-state index contributed by atoms with van der Waals surface area (Å²) < 4.78 is 5.99. The van der Waals surface area contributed by atoms with E-state index in [0.29, 0.717) is 11.8 Å². The quantitative estimate of drug-likeness (QED) is 0.290. The first kappa shape index (κ1) is 21.2. The molecule has 0 spiro atoms. The van der Waals surface area contributed by atoms with Crippen molar-refractivity contribution in [2.45, 2.75) is 135 Å². The molecular weight excluding hydrogens is 332 g/mol. The molecule has 0 saturated heterocycles. The molecule has 0 aromatic heterocycles. The summed E-state index contributed by atoms with van der Waals surface area (Å²) in [4.78, 5) is 12.0. The van der Waals surface area contributed by atoms with Gasteiger partial charge < -0.3 is 4.74 Å². The second-order valence-corrected chi connectivity index (χ2v) is 10.2. The molecule has 2 heteroatoms. The lowest BCUT2D eigenvalue weighted by Gasteiger charge is -2.56. The Labute approximate surface area is 168 Å². The van der Waals surface area contributed by atoms with Crippen LogP contribution in [0.5, 0.6) is 0 Å². The average Bonchev–Trinajstić information content (AvgIpc) is 2.70. The summed E-state index contributed by atoms with van der Waals surface area (Å²) in [7, 11) is 0. The summed E-state index contributed by atoms with van der Waals surface area (Å²) in [5.74, 6) is 2.02. The normalized spacial score (nSPS) is 35.9. The summed E-state index contributed by atoms with van der Waals surface area (Å²) in [6.45, 7) is 4.36. The van der Waals surface area contributed by atoms with Gasteiger partial charge in [0.15, 0.2) is 0 Å². The standard InChI is InChI=1S/C25H44O2/c1-3-5-6-7-8-10-21-11-13-22(14-12-21)24-15-18-25(19-16-24,20-17-24)27-23(26)9-4-2/h21-22H,3-20H2,1-2H3. The summed E-state index contributed by atoms with van der Waals surface area (Å²) in [5.41, 5.74) is 0.523. The molecule has 27 heavy (non-hydrogen) atoms. The predicted molar refractivity (Wildman–Crippen MR) is 113 cm³/mol. The third kappa shape index (κ3) is 5.30. The zero-order valence-corrected chi connectivity index (χ0v) is 18.2. The van der Waals surface area contributed by atoms with E-state index in [2.05, 4.69) is 13.8 Å². The highest BCUT2D eigenvalue weighted by Crippen LogP contribution is 2.60. The van der Waals surface area contributed by atoms with Crippen LogP contribution in [-0.2, 0) is 9.53 Å². The second kappa shape index (κ2) is 9.79. The van der Waals surface area contributed by atoms with E-state index in [0.717, 1.165) is 37.5 Å². The van der Waals surface area contributed by atoms with Gasteiger partial charge in [-0.15, -0.1) is 0 Å². The lowest BCUT2D eigenvalue weighted by atomic mass is 9.51. The van der Waals surface area contributed by atoms with E-state index in [1.54, 1.807) is 0 Å². The van der Waals surface area contributed by atoms with Gasteiger partial charge in [-0.25, -0.2) is 0 Å². The third-order valence-corrected chi connectivity index (χ3v) is 8.45. The van der Waals surface area contributed by atoms with Crippen molar-refractivity contribution < 1.29 is 9.53 Å². The molecule has 2 bridgehead atoms. The third-order valence-electron chi connectivity index (χ3n) is 8.45. The van der Waals surface area contributed by atoms with E-state index in [1.165, 1.54) is 83.5 Å². The molecule has 0 amide bonds. The van der Waals surface area contributed by atoms with E-state index in [4.69, 9.17) is 4.74 Å². The van der Waals surface area contributed by atoms with Crippen LogP contribution in [0.25, 0.3) is 0 Å². The maximum absolute atomic E-state index is 12.0. The first-order valence-corrected chi connectivity index (χ1v) is 12.3. The molecule has 4 rings (SSSR count). The Hall–Kier alpha value is -0.530. The number of ether oxygens (including phenoxy) is 1. The topological polar surface area (TPSA) is 26.3 Å². The number of rotatable bonds is 10. The van der Waals surface area contributed by atoms with Crippen LogP contribution < -0.4 is 0 Å². The van der Waals surface area contributed by atoms with Gasteiger partial charge in [-0.1, -0.05) is 65.2 Å². The number of unbranched alkanes of at least 4 members (excludes halogenated alkanes) is 4. The van der Waals surface area contributed by atoms with Gasteiger partial charge in [-0.3, -0.25) is 4.79 Å². The maximum atomic E-state index is 12.0. The second-order valence-electron chi connectivity index (χ2n) is 10.2. The molecular formula is C25H44O2. The Bertz CT molecular complexity index is 436. The number of fused-ring (bicyclic) bond motifs is 3. The highest BCUT2D eigenvalue weighted by atomic mass is 16.6. The molecule has 0 radical (unpaired) electrons. The molecule has 4 aliphatic rings. The van der Waals surface area contributed by atoms with Crippen LogP contribution in [0.4, 0.5) is 0 Å². The Balaban J connectivity index is 1.41. The minimum absolute atomic E-state index is 0.0475. The van der Waals surface area contributed by atoms with Gasteiger partial charge in [-0.2, -0.15) is 0 Å². The van der Waals surface area contributed by atoms with Crippen LogP contribution in [0.1, 0.15) is 129 Å². The highest BCUT2D eigenvalue weighted by molar-refractivity contribution is 5.69. The number of carbonyl (C=O) groups excluding carboxylic acids is 1. The van der Waals surface area contributed by atoms with Crippen molar-refractivity contribution in [3.8, 4) is 0 Å². The van der Waals surface area contributed by atoms with Crippen molar-refractivity contribution in [2.75, 3.05) is 0 Å². The fraction of sp³-hybridized carbons (Fsp3) is 0.960. The van der Waals surface area contributed by atoms with Crippen LogP contribution in [0.2, 0.25) is 0 Å². The van der Waals surface area contributed by atoms with E-state index in [-0.39, 0.29) is 11.6 Å². The van der Waals surface area contributed by atoms with Crippen molar-refractivity contribution >= 4 is 5.97 Å². The first-order chi connectivity index (χ1) is 13.1. The molecule has 0 unspecified atom stereocenters. The molecule has 2 nitrogen and oxygen atoms in total. The van der Waals surface area contributed by atoms with Gasteiger partial charge in [-0.05, 0) is 75.0 Å². The van der Waals surface area contributed by atoms with E-state index < -0.39 is 0 Å². The van der Waals surface area contributed by atoms with Crippen molar-refractivity contribution in [1.29, 1.82) is 0 Å². The Morgan fingerprint density at radius 2 is 1.44 bits per heavy atom. The Morgan fingerprint density at radius 3 is 2.04 bits per heavy atom. The van der Waals surface area contributed by atoms with Crippen LogP contribution in [-0.4, -0.2) is 11.6 Å². The molecule has 4 fully saturated rings. The number of esters is 1. The van der Waals surface area contributed by atoms with Crippen molar-refractivity contribution in [1.82, 2.24) is 0 Å². The first-order valence-electron chi connectivity index (χ1n) is 12.3. The lowest BCUT2D eigenvalue weighted by Crippen LogP contribution is -2.51. The molecule has 0 N–H and O–H groups in total. The lowest BCUT2D eigenvalue weighted by molar-refractivity contribution is -0.182. The molecule has 0 aromatic carbocycles. The largest absolute Gasteiger partial charge is 0.459 e. The summed E-state index contributed by atoms with van der Waals surface area (Å²) in [6, 6.07) is 0. The minimum atomic E-state index is -0.0797. The van der Waals surface area contributed by atoms with E-state index in [1.807, 2.05) is 0 Å². The fourth-order valence-electron chi connectivity index (χ4n) is 6.54. The monoisotopic (exact) mass is 376 g/mol. The highest BCUT2D eigenvalue weighted by Gasteiger charge is 2.53. The van der Waals surface area contributed by atoms with Gasteiger partial charge in [0.1, 0.15) is 5.60 Å². The van der Waals surface area contributed by atoms with Crippen molar-refractivity contribution in [2.24, 2.45) is 17.3 Å². The Morgan fingerprint density at radius 1 is 0.815 bits per heavy atom. The van der Waals surface area contributed by atoms with Gasteiger partial charge in [0.05, 0.1) is 0 Å². The Kier molecular flexibility index (Phi) is 7.68. The molecule has 4 saturated carbocycles. The molecule has 4 aliphatic carbocycles. The van der Waals surface area contributed by atoms with Crippen LogP contribution in [0.15, 0.2) is 0 Å².